The van der Waals surface area contributed by atoms with Gasteiger partial charge in [-0.05, 0) is 61.5 Å². The molecule has 69 heavy (non-hydrogen) atoms. The second-order valence-corrected chi connectivity index (χ2v) is 17.3. The van der Waals surface area contributed by atoms with Gasteiger partial charge in [-0.25, -0.2) is 19.2 Å². The second-order valence-electron chi connectivity index (χ2n) is 14.3. The van der Waals surface area contributed by atoms with E-state index in [9.17, 15) is 55.1 Å². The summed E-state index contributed by atoms with van der Waals surface area (Å²) in [5.74, 6) is -6.93. The van der Waals surface area contributed by atoms with Crippen LogP contribution in [0, 0.1) is 0 Å². The average molecular weight is 1060 g/mol. The molecule has 2 aromatic rings. The van der Waals surface area contributed by atoms with Crippen molar-refractivity contribution in [2.75, 3.05) is 64.5 Å². The van der Waals surface area contributed by atoms with E-state index < -0.39 is 59.9 Å². The summed E-state index contributed by atoms with van der Waals surface area (Å²) in [6.45, 7) is 3.05. The van der Waals surface area contributed by atoms with Gasteiger partial charge < -0.3 is 45.7 Å². The Labute approximate surface area is 411 Å². The Morgan fingerprint density at radius 3 is 1.16 bits per heavy atom. The number of ether oxygens (including phenoxy) is 4. The van der Waals surface area contributed by atoms with Crippen LogP contribution >= 0.6 is 46.7 Å². The first kappa shape index (κ1) is 59.8. The predicted octanol–water partition coefficient (Wildman–Crippen LogP) is 6.58. The van der Waals surface area contributed by atoms with Gasteiger partial charge in [0.25, 0.3) is 0 Å². The van der Waals surface area contributed by atoms with Crippen LogP contribution in [0.15, 0.2) is 93.6 Å². The summed E-state index contributed by atoms with van der Waals surface area (Å²) < 4.78 is 93.4. The van der Waals surface area contributed by atoms with Gasteiger partial charge in [-0.15, -0.1) is 0 Å². The van der Waals surface area contributed by atoms with Gasteiger partial charge in [-0.1, -0.05) is 59.6 Å². The molecule has 0 aromatic heterocycles. The first-order valence-corrected chi connectivity index (χ1v) is 23.2. The Balaban J connectivity index is 0.000000467. The molecule has 2 atom stereocenters. The number of halogens is 8. The predicted molar refractivity (Wildman–Crippen MR) is 248 cm³/mol. The number of nitrogens with one attached hydrogen (secondary N) is 4. The van der Waals surface area contributed by atoms with Gasteiger partial charge in [0.05, 0.1) is 62.6 Å². The van der Waals surface area contributed by atoms with Crippen molar-refractivity contribution in [2.45, 2.75) is 50.9 Å². The highest BCUT2D eigenvalue weighted by Crippen LogP contribution is 2.44. The monoisotopic (exact) mass is 1060 g/mol. The van der Waals surface area contributed by atoms with E-state index in [1.807, 2.05) is 10.6 Å². The lowest BCUT2D eigenvalue weighted by Gasteiger charge is -2.31. The largest absolute Gasteiger partial charge is 0.471 e. The maximum absolute atomic E-state index is 12.8. The molecule has 2 amide bonds. The molecule has 2 aliphatic heterocycles. The van der Waals surface area contributed by atoms with Crippen LogP contribution in [-0.2, 0) is 47.7 Å². The molecule has 0 aliphatic carbocycles. The van der Waals surface area contributed by atoms with E-state index in [4.69, 9.17) is 42.1 Å². The van der Waals surface area contributed by atoms with E-state index in [0.29, 0.717) is 55.5 Å². The van der Waals surface area contributed by atoms with Crippen molar-refractivity contribution in [3.63, 3.8) is 0 Å². The van der Waals surface area contributed by atoms with Gasteiger partial charge in [0.15, 0.2) is 0 Å². The van der Waals surface area contributed by atoms with E-state index in [1.54, 1.807) is 62.4 Å². The van der Waals surface area contributed by atoms with Crippen molar-refractivity contribution in [3.8, 4) is 0 Å². The van der Waals surface area contributed by atoms with Crippen LogP contribution in [0.3, 0.4) is 0 Å². The summed E-state index contributed by atoms with van der Waals surface area (Å²) in [5, 5.41) is 10.5. The van der Waals surface area contributed by atoms with Crippen LogP contribution in [0.5, 0.6) is 0 Å². The zero-order chi connectivity index (χ0) is 50.9. The van der Waals surface area contributed by atoms with Crippen LogP contribution in [0.2, 0.25) is 10.0 Å². The van der Waals surface area contributed by atoms with Gasteiger partial charge >= 0.3 is 48.0 Å². The van der Waals surface area contributed by atoms with Crippen LogP contribution in [-0.4, -0.2) is 118 Å². The van der Waals surface area contributed by atoms with Crippen molar-refractivity contribution < 1.29 is 79.5 Å². The zero-order valence-electron chi connectivity index (χ0n) is 37.9. The van der Waals surface area contributed by atoms with E-state index in [-0.39, 0.29) is 65.2 Å². The van der Waals surface area contributed by atoms with Crippen LogP contribution in [0.4, 0.5) is 26.3 Å². The Hall–Kier alpha value is -5.36. The summed E-state index contributed by atoms with van der Waals surface area (Å²) in [5.41, 5.74) is 3.71. The number of thioether (sulfide) groups is 2. The number of carbonyl (C=O) groups is 6. The highest BCUT2D eigenvalue weighted by molar-refractivity contribution is 7.99. The number of alkyl halides is 6. The number of hydrogen-bond donors (Lipinski definition) is 4. The summed E-state index contributed by atoms with van der Waals surface area (Å²) in [6.07, 6.45) is -9.28. The molecule has 2 heterocycles. The van der Waals surface area contributed by atoms with Gasteiger partial charge in [0.2, 0.25) is 0 Å². The van der Waals surface area contributed by atoms with E-state index in [0.717, 1.165) is 0 Å². The minimum Gasteiger partial charge on any atom is -0.466 e. The second kappa shape index (κ2) is 27.7. The quantitative estimate of drug-likeness (QED) is 0.0537. The molecule has 6 N–H and O–H groups in total. The third-order valence-corrected chi connectivity index (χ3v) is 12.7. The number of rotatable bonds is 18. The number of dihydropyridines is 2. The third kappa shape index (κ3) is 16.4. The first-order chi connectivity index (χ1) is 32.0. The van der Waals surface area contributed by atoms with Crippen molar-refractivity contribution in [3.05, 3.63) is 115 Å². The maximum atomic E-state index is 12.8. The number of esters is 4. The number of methoxy groups -OCH3 is 4. The molecule has 25 heteroatoms. The number of carbonyl (C=O) groups excluding carboxylic acids is 6. The fraction of sp³-hybridized carbons (Fsp3) is 0.409. The van der Waals surface area contributed by atoms with E-state index >= 15 is 0 Å². The molecule has 0 radical (unpaired) electrons. The molecule has 15 nitrogen and oxygen atoms in total. The van der Waals surface area contributed by atoms with Gasteiger partial charge in [0, 0.05) is 57.4 Å². The van der Waals surface area contributed by atoms with Crippen molar-refractivity contribution in [1.29, 1.82) is 0 Å². The SMILES string of the molecule is COC(=O)C1=C(C)NC(CSCCCNC(=O)C(F)(F)F)=C(C(=O)OC)C1c1ccccc1Cl.COC(=O)C1=C(C)NC(CSCCCNC(=O)C(F)(F)F)=C(C(=O)OC)C1c1ccccc1Cl.O. The molecular formula is C44H50Cl2F6N4O11S2. The Morgan fingerprint density at radius 2 is 0.870 bits per heavy atom. The molecule has 0 saturated carbocycles. The summed E-state index contributed by atoms with van der Waals surface area (Å²) in [6, 6.07) is 13.6. The molecule has 0 spiro atoms. The Morgan fingerprint density at radius 1 is 0.565 bits per heavy atom. The third-order valence-electron chi connectivity index (χ3n) is 9.85. The fourth-order valence-electron chi connectivity index (χ4n) is 6.83. The molecule has 0 fully saturated rings. The van der Waals surface area contributed by atoms with Crippen LogP contribution in [0.25, 0.3) is 0 Å². The van der Waals surface area contributed by atoms with Gasteiger partial charge in [0.1, 0.15) is 0 Å². The zero-order valence-corrected chi connectivity index (χ0v) is 41.0. The topological polar surface area (TPSA) is 219 Å². The van der Waals surface area contributed by atoms with E-state index in [1.165, 1.54) is 52.0 Å². The minimum absolute atomic E-state index is 0. The highest BCUT2D eigenvalue weighted by Gasteiger charge is 2.42. The van der Waals surface area contributed by atoms with Gasteiger partial charge in [-0.3, -0.25) is 9.59 Å². The highest BCUT2D eigenvalue weighted by atomic mass is 35.5. The number of amides is 2. The molecular weight excluding hydrogens is 1010 g/mol. The lowest BCUT2D eigenvalue weighted by atomic mass is 9.80. The minimum atomic E-state index is -4.92. The first-order valence-electron chi connectivity index (χ1n) is 20.1. The molecule has 2 unspecified atom stereocenters. The molecule has 0 saturated heterocycles. The van der Waals surface area contributed by atoms with Crippen molar-refractivity contribution in [2.24, 2.45) is 0 Å². The normalized spacial score (nSPS) is 15.9. The lowest BCUT2D eigenvalue weighted by Crippen LogP contribution is -2.37. The van der Waals surface area contributed by atoms with Crippen molar-refractivity contribution >= 4 is 82.4 Å². The van der Waals surface area contributed by atoms with E-state index in [2.05, 4.69) is 10.6 Å². The lowest BCUT2D eigenvalue weighted by molar-refractivity contribution is -0.173. The molecule has 2 aliphatic rings. The maximum Gasteiger partial charge on any atom is 0.471 e. The molecule has 380 valence electrons. The Bertz CT molecular complexity index is 2180. The fourth-order valence-corrected chi connectivity index (χ4v) is 9.16. The summed E-state index contributed by atoms with van der Waals surface area (Å²) in [7, 11) is 4.90. The van der Waals surface area contributed by atoms with Crippen LogP contribution < -0.4 is 21.3 Å². The molecule has 4 rings (SSSR count). The smallest absolute Gasteiger partial charge is 0.466 e. The number of benzene rings is 2. The molecule has 0 bridgehead atoms. The van der Waals surface area contributed by atoms with Gasteiger partial charge in [-0.2, -0.15) is 49.9 Å². The van der Waals surface area contributed by atoms with Crippen LogP contribution in [0.1, 0.15) is 49.7 Å². The number of allylic oxidation sites excluding steroid dienone is 2. The average Bonchev–Trinajstić information content (AvgIpc) is 3.29. The summed E-state index contributed by atoms with van der Waals surface area (Å²) in [4.78, 5) is 72.7. The summed E-state index contributed by atoms with van der Waals surface area (Å²) >= 11 is 15.5. The standard InChI is InChI=1S/2C22H24ClF3N2O5S.H2O/c2*1-12-16(19(29)32-2)17(13-7-4-5-8-14(13)23)18(20(30)33-3)15(28-12)11-34-10-6-9-27-21(31)22(24,25)26;/h2*4-5,7-8,17,28H,6,9-11H2,1-3H3,(H,27,31);1H2. The Kier molecular flexibility index (Phi) is 24.0. The number of hydrogen-bond acceptors (Lipinski definition) is 14. The molecule has 2 aromatic carbocycles. The van der Waals surface area contributed by atoms with Crippen molar-refractivity contribution in [1.82, 2.24) is 21.3 Å².